The molecule has 0 spiro atoms. The van der Waals surface area contributed by atoms with Gasteiger partial charge in [-0.2, -0.15) is 0 Å². The van der Waals surface area contributed by atoms with Gasteiger partial charge in [0.25, 0.3) is 0 Å². The summed E-state index contributed by atoms with van der Waals surface area (Å²) in [4.78, 5) is 69.5. The smallest absolute Gasteiger partial charge is 0.550 e. The van der Waals surface area contributed by atoms with Crippen molar-refractivity contribution in [1.82, 2.24) is 0 Å². The second-order valence-corrected chi connectivity index (χ2v) is 21.1. The predicted molar refractivity (Wildman–Crippen MR) is 268 cm³/mol. The summed E-state index contributed by atoms with van der Waals surface area (Å²) in [5.74, 6) is -1.71. The molecule has 72 heavy (non-hydrogen) atoms. The molecule has 0 saturated heterocycles. The normalized spacial score (nSPS) is 10.0. The first kappa shape index (κ1) is 89.0. The number of unbranched alkanes of at least 4 members (excludes halogenated alkanes) is 7. The van der Waals surface area contributed by atoms with Crippen LogP contribution in [-0.4, -0.2) is 41.8 Å². The molecule has 0 aliphatic rings. The molecule has 0 bridgehead atoms. The minimum Gasteiger partial charge on any atom is -0.550 e. The van der Waals surface area contributed by atoms with Crippen LogP contribution < -0.4 is 35.7 Å². The molecule has 0 aromatic carbocycles. The average Bonchev–Trinajstić information content (AvgIpc) is 3.21. The largest absolute Gasteiger partial charge is 5.00 e. The number of carboxylic acids is 7. The quantitative estimate of drug-likeness (QED) is 0.0600. The monoisotopic (exact) mass is 1110 g/mol. The van der Waals surface area contributed by atoms with Gasteiger partial charge < -0.3 is 69.3 Å². The molecule has 427 valence electrons. The topological polar surface area (TPSA) is 281 Å². The van der Waals surface area contributed by atoms with Crippen molar-refractivity contribution in [1.29, 1.82) is 0 Å². The zero-order chi connectivity index (χ0) is 55.9. The summed E-state index contributed by atoms with van der Waals surface area (Å²) in [6, 6.07) is 0. The van der Waals surface area contributed by atoms with E-state index in [0.717, 1.165) is 135 Å². The van der Waals surface area contributed by atoms with Crippen LogP contribution in [0.3, 0.4) is 0 Å². The van der Waals surface area contributed by atoms with Crippen molar-refractivity contribution >= 4 is 41.8 Å². The van der Waals surface area contributed by atoms with Crippen LogP contribution in [0.25, 0.3) is 0 Å². The Labute approximate surface area is 462 Å². The Hall–Kier alpha value is -2.62. The van der Waals surface area contributed by atoms with Crippen LogP contribution in [0.5, 0.6) is 0 Å². The molecule has 0 unspecified atom stereocenters. The van der Waals surface area contributed by atoms with Crippen LogP contribution in [0.15, 0.2) is 0 Å². The maximum atomic E-state index is 9.93. The minimum absolute atomic E-state index is 0. The summed E-state index contributed by atoms with van der Waals surface area (Å²) in [6.45, 7) is 29.9. The maximum absolute atomic E-state index is 9.93. The van der Waals surface area contributed by atoms with Gasteiger partial charge in [0, 0.05) is 41.8 Å². The van der Waals surface area contributed by atoms with E-state index in [-0.39, 0.29) is 80.3 Å². The number of hydrogen-bond donors (Lipinski definition) is 0. The van der Waals surface area contributed by atoms with Crippen molar-refractivity contribution < 1.29 is 105 Å². The number of aliphatic carboxylic acids is 7. The van der Waals surface area contributed by atoms with E-state index in [9.17, 15) is 69.3 Å². The summed E-state index contributed by atoms with van der Waals surface area (Å²) < 4.78 is 0. The van der Waals surface area contributed by atoms with Gasteiger partial charge in [0.2, 0.25) is 0 Å². The maximum Gasteiger partial charge on any atom is 5.00 e. The first-order valence-corrected chi connectivity index (χ1v) is 26.8. The predicted octanol–water partition coefficient (Wildman–Crippen LogP) is 6.66. The van der Waals surface area contributed by atoms with Gasteiger partial charge in [0.15, 0.2) is 0 Å². The van der Waals surface area contributed by atoms with Crippen molar-refractivity contribution in [3.8, 4) is 0 Å². The summed E-state index contributed by atoms with van der Waals surface area (Å²) in [6.07, 6.45) is 21.7. The molecule has 16 heteroatoms. The SMILES string of the molecule is CC(C)CCCCC(=O)[O-].CC(C)CCCCC(=O)[O-].CC(C)CCCCC(=O)[O-].CC(C)CCCCC(=O)[O-].CC(C)CCCCC(=O)[O-].CC(C)CCCCC(=O)[O-].CC(C)CCCCC(=O)[O-].[Co+2].[V+5]. The second-order valence-electron chi connectivity index (χ2n) is 21.1. The number of rotatable bonds is 35. The van der Waals surface area contributed by atoms with E-state index < -0.39 is 41.8 Å². The van der Waals surface area contributed by atoms with E-state index in [4.69, 9.17) is 0 Å². The Bertz CT molecular complexity index is 953. The van der Waals surface area contributed by atoms with Gasteiger partial charge in [-0.3, -0.25) is 0 Å². The van der Waals surface area contributed by atoms with Crippen LogP contribution in [0.2, 0.25) is 0 Å². The van der Waals surface area contributed by atoms with Gasteiger partial charge in [-0.25, -0.2) is 0 Å². The average molecular weight is 1110 g/mol. The van der Waals surface area contributed by atoms with Gasteiger partial charge in [0.1, 0.15) is 0 Å². The molecule has 0 amide bonds. The van der Waals surface area contributed by atoms with E-state index in [0.29, 0.717) is 41.4 Å². The molecule has 14 nitrogen and oxygen atoms in total. The molecule has 0 fully saturated rings. The van der Waals surface area contributed by atoms with E-state index in [1.165, 1.54) is 0 Å². The molecule has 0 aliphatic carbocycles. The number of carbonyl (C=O) groups excluding carboxylic acids is 7. The van der Waals surface area contributed by atoms with Crippen LogP contribution in [0.1, 0.15) is 277 Å². The van der Waals surface area contributed by atoms with E-state index >= 15 is 0 Å². The fourth-order valence-electron chi connectivity index (χ4n) is 5.75. The fourth-order valence-corrected chi connectivity index (χ4v) is 5.75. The van der Waals surface area contributed by atoms with Gasteiger partial charge in [-0.15, -0.1) is 0 Å². The third-order valence-corrected chi connectivity index (χ3v) is 9.89. The molecule has 0 atom stereocenters. The third kappa shape index (κ3) is 138. The molecule has 0 aromatic rings. The second kappa shape index (κ2) is 68.4. The Balaban J connectivity index is -0.0000000915. The molecule has 0 N–H and O–H groups in total. The zero-order valence-electron chi connectivity index (χ0n) is 47.8. The third-order valence-electron chi connectivity index (χ3n) is 9.89. The fraction of sp³-hybridized carbons (Fsp3) is 0.875. The molecule has 0 saturated carbocycles. The van der Waals surface area contributed by atoms with Gasteiger partial charge in [-0.05, 0) is 131 Å². The summed E-state index contributed by atoms with van der Waals surface area (Å²) >= 11 is 0. The molecular weight excluding hydrogens is 1010 g/mol. The zero-order valence-corrected chi connectivity index (χ0v) is 50.3. The molecule has 0 heterocycles. The Kier molecular flexibility index (Phi) is 84.5. The molecular formula is C56H105CoO14V. The Morgan fingerprint density at radius 1 is 0.222 bits per heavy atom. The molecule has 0 aliphatic heterocycles. The summed E-state index contributed by atoms with van der Waals surface area (Å²) in [7, 11) is 0. The van der Waals surface area contributed by atoms with Gasteiger partial charge in [-0.1, -0.05) is 187 Å². The molecule has 0 rings (SSSR count). The van der Waals surface area contributed by atoms with Crippen molar-refractivity contribution in [2.75, 3.05) is 0 Å². The Morgan fingerprint density at radius 2 is 0.306 bits per heavy atom. The number of carbonyl (C=O) groups is 7. The van der Waals surface area contributed by atoms with E-state index in [2.05, 4.69) is 96.9 Å². The van der Waals surface area contributed by atoms with Gasteiger partial charge >= 0.3 is 35.3 Å². The Morgan fingerprint density at radius 3 is 0.361 bits per heavy atom. The minimum atomic E-state index is -0.927. The van der Waals surface area contributed by atoms with Crippen LogP contribution >= 0.6 is 0 Å². The van der Waals surface area contributed by atoms with Crippen LogP contribution in [0.4, 0.5) is 0 Å². The number of hydrogen-bond acceptors (Lipinski definition) is 14. The van der Waals surface area contributed by atoms with Crippen LogP contribution in [0, 0.1) is 41.4 Å². The van der Waals surface area contributed by atoms with Crippen LogP contribution in [-0.2, 0) is 68.9 Å². The van der Waals surface area contributed by atoms with E-state index in [1.807, 2.05) is 0 Å². The van der Waals surface area contributed by atoms with Crippen molar-refractivity contribution in [2.45, 2.75) is 277 Å². The molecule has 0 aromatic heterocycles. The van der Waals surface area contributed by atoms with Gasteiger partial charge in [0.05, 0.1) is 0 Å². The summed E-state index contributed by atoms with van der Waals surface area (Å²) in [5.41, 5.74) is 0. The first-order valence-electron chi connectivity index (χ1n) is 26.8. The standard InChI is InChI=1S/7C8H16O2.Co.V/c7*1-7(2)5-3-4-6-8(9)10;;/h7*7H,3-6H2,1-2H3,(H,9,10);;/q;;;;;;;+2;+5/p-7. The summed E-state index contributed by atoms with van der Waals surface area (Å²) in [5, 5.41) is 69.5. The van der Waals surface area contributed by atoms with E-state index in [1.54, 1.807) is 0 Å². The van der Waals surface area contributed by atoms with Crippen molar-refractivity contribution in [2.24, 2.45) is 41.4 Å². The molecule has 1 radical (unpaired) electrons. The number of carboxylic acid groups (broad SMARTS) is 7. The van der Waals surface area contributed by atoms with Crippen molar-refractivity contribution in [3.63, 3.8) is 0 Å². The first-order chi connectivity index (χ1) is 32.4. The van der Waals surface area contributed by atoms with Crippen molar-refractivity contribution in [3.05, 3.63) is 0 Å².